The number of benzene rings is 1. The number of pyridine rings is 1. The highest BCUT2D eigenvalue weighted by molar-refractivity contribution is 5.91. The average Bonchev–Trinajstić information content (AvgIpc) is 2.67. The Morgan fingerprint density at radius 2 is 1.77 bits per heavy atom. The van der Waals surface area contributed by atoms with Gasteiger partial charge in [-0.05, 0) is 38.1 Å². The molecule has 0 saturated carbocycles. The minimum Gasteiger partial charge on any atom is -0.453 e. The maximum atomic E-state index is 11.6. The first-order valence-electron chi connectivity index (χ1n) is 9.09. The van der Waals surface area contributed by atoms with E-state index in [4.69, 9.17) is 25.7 Å². The van der Waals surface area contributed by atoms with E-state index in [0.717, 1.165) is 0 Å². The molecule has 160 valence electrons. The van der Waals surface area contributed by atoms with Crippen LogP contribution >= 0.6 is 0 Å². The first-order chi connectivity index (χ1) is 14.3. The molecule has 0 aliphatic carbocycles. The van der Waals surface area contributed by atoms with Crippen LogP contribution in [-0.4, -0.2) is 36.0 Å². The monoisotopic (exact) mass is 416 g/mol. The van der Waals surface area contributed by atoms with E-state index >= 15 is 0 Å². The van der Waals surface area contributed by atoms with Gasteiger partial charge < -0.3 is 31.0 Å². The zero-order valence-electron chi connectivity index (χ0n) is 16.9. The summed E-state index contributed by atoms with van der Waals surface area (Å²) in [6, 6.07) is 9.86. The summed E-state index contributed by atoms with van der Waals surface area (Å²) in [6.07, 6.45) is -2.05. The number of rotatable bonds is 8. The lowest BCUT2D eigenvalue weighted by Gasteiger charge is -2.16. The lowest BCUT2D eigenvalue weighted by Crippen LogP contribution is -2.23. The molecular weight excluding hydrogens is 392 g/mol. The Morgan fingerprint density at radius 3 is 2.43 bits per heavy atom. The largest absolute Gasteiger partial charge is 0.511 e. The highest BCUT2D eigenvalue weighted by atomic mass is 16.8. The third kappa shape index (κ3) is 7.02. The van der Waals surface area contributed by atoms with Gasteiger partial charge in [-0.15, -0.1) is 10.2 Å². The number of azo groups is 1. The summed E-state index contributed by atoms with van der Waals surface area (Å²) in [5.41, 5.74) is 11.8. The smallest absolute Gasteiger partial charge is 0.453 e. The van der Waals surface area contributed by atoms with Crippen LogP contribution in [0.1, 0.15) is 20.8 Å². The average molecular weight is 416 g/mol. The molecule has 1 amide bonds. The summed E-state index contributed by atoms with van der Waals surface area (Å²) in [6.45, 7) is 4.80. The second-order valence-corrected chi connectivity index (χ2v) is 6.24. The van der Waals surface area contributed by atoms with Gasteiger partial charge in [0, 0.05) is 6.92 Å². The van der Waals surface area contributed by atoms with Gasteiger partial charge in [0.2, 0.25) is 12.2 Å². The van der Waals surface area contributed by atoms with Crippen LogP contribution in [0.25, 0.3) is 0 Å². The van der Waals surface area contributed by atoms with Crippen molar-refractivity contribution in [2.24, 2.45) is 16.0 Å². The number of para-hydroxylation sites is 1. The van der Waals surface area contributed by atoms with Crippen LogP contribution in [-0.2, 0) is 14.3 Å². The Labute approximate surface area is 173 Å². The van der Waals surface area contributed by atoms with Crippen molar-refractivity contribution in [1.82, 2.24) is 4.98 Å². The number of amides is 1. The molecule has 0 spiro atoms. The SMILES string of the molecule is CC(C)OC(=O)OC(C)Oc1ccccc1/N=N/c1ccc(NC(=O)CN)nc1N. The van der Waals surface area contributed by atoms with Crippen LogP contribution in [0.4, 0.5) is 27.8 Å². The van der Waals surface area contributed by atoms with E-state index in [9.17, 15) is 9.59 Å². The van der Waals surface area contributed by atoms with Gasteiger partial charge in [0.25, 0.3) is 0 Å². The molecule has 11 nitrogen and oxygen atoms in total. The fraction of sp³-hybridized carbons (Fsp3) is 0.316. The molecule has 5 N–H and O–H groups in total. The van der Waals surface area contributed by atoms with Gasteiger partial charge in [0.1, 0.15) is 17.2 Å². The molecule has 0 aliphatic rings. The number of hydrogen-bond donors (Lipinski definition) is 3. The summed E-state index contributed by atoms with van der Waals surface area (Å²) in [7, 11) is 0. The lowest BCUT2D eigenvalue weighted by molar-refractivity contribution is -0.114. The number of aromatic nitrogens is 1. The first kappa shape index (κ1) is 22.6. The second kappa shape index (κ2) is 10.7. The Hall–Kier alpha value is -3.73. The zero-order chi connectivity index (χ0) is 22.1. The normalized spacial score (nSPS) is 11.9. The molecule has 0 saturated heterocycles. The third-order valence-corrected chi connectivity index (χ3v) is 3.37. The molecule has 1 unspecified atom stereocenters. The van der Waals surface area contributed by atoms with E-state index in [2.05, 4.69) is 20.5 Å². The van der Waals surface area contributed by atoms with E-state index in [0.29, 0.717) is 17.1 Å². The molecule has 0 fully saturated rings. The summed E-state index contributed by atoms with van der Waals surface area (Å²) in [4.78, 5) is 26.9. The van der Waals surface area contributed by atoms with E-state index in [-0.39, 0.29) is 24.3 Å². The molecule has 1 atom stereocenters. The number of nitrogens with zero attached hydrogens (tertiary/aromatic N) is 3. The molecule has 0 aliphatic heterocycles. The third-order valence-electron chi connectivity index (χ3n) is 3.37. The van der Waals surface area contributed by atoms with Gasteiger partial charge in [-0.3, -0.25) is 4.79 Å². The number of ether oxygens (including phenoxy) is 3. The number of nitrogens with one attached hydrogen (secondary N) is 1. The molecule has 2 aromatic rings. The number of carbonyl (C=O) groups is 2. The van der Waals surface area contributed by atoms with Crippen molar-refractivity contribution in [3.8, 4) is 5.75 Å². The Kier molecular flexibility index (Phi) is 8.06. The fourth-order valence-corrected chi connectivity index (χ4v) is 2.12. The van der Waals surface area contributed by atoms with Crippen LogP contribution in [0, 0.1) is 0 Å². The molecule has 2 rings (SSSR count). The minimum atomic E-state index is -0.912. The van der Waals surface area contributed by atoms with E-state index in [1.54, 1.807) is 51.1 Å². The predicted molar refractivity (Wildman–Crippen MR) is 110 cm³/mol. The molecule has 11 heteroatoms. The molecule has 0 radical (unpaired) electrons. The van der Waals surface area contributed by atoms with Crippen molar-refractivity contribution in [2.75, 3.05) is 17.6 Å². The quantitative estimate of drug-likeness (QED) is 0.335. The molecule has 0 bridgehead atoms. The number of anilines is 2. The van der Waals surface area contributed by atoms with Crippen LogP contribution in [0.15, 0.2) is 46.6 Å². The van der Waals surface area contributed by atoms with Crippen molar-refractivity contribution >= 4 is 35.1 Å². The Bertz CT molecular complexity index is 918. The van der Waals surface area contributed by atoms with Crippen LogP contribution in [0.3, 0.4) is 0 Å². The Balaban J connectivity index is 2.09. The first-order valence-corrected chi connectivity index (χ1v) is 9.09. The molecule has 1 aromatic heterocycles. The van der Waals surface area contributed by atoms with Gasteiger partial charge in [-0.1, -0.05) is 12.1 Å². The van der Waals surface area contributed by atoms with Crippen LogP contribution in [0.2, 0.25) is 0 Å². The van der Waals surface area contributed by atoms with Gasteiger partial charge in [0.15, 0.2) is 11.6 Å². The predicted octanol–water partition coefficient (Wildman–Crippen LogP) is 3.26. The summed E-state index contributed by atoms with van der Waals surface area (Å²) in [5.74, 6) is 0.269. The minimum absolute atomic E-state index is 0.0695. The lowest BCUT2D eigenvalue weighted by atomic mass is 10.3. The molecule has 30 heavy (non-hydrogen) atoms. The summed E-state index contributed by atoms with van der Waals surface area (Å²) in [5, 5.41) is 10.7. The van der Waals surface area contributed by atoms with Gasteiger partial charge in [-0.25, -0.2) is 9.78 Å². The van der Waals surface area contributed by atoms with Gasteiger partial charge >= 0.3 is 6.16 Å². The zero-order valence-corrected chi connectivity index (χ0v) is 16.9. The fourth-order valence-electron chi connectivity index (χ4n) is 2.12. The maximum absolute atomic E-state index is 11.6. The number of nitrogen functional groups attached to an aromatic ring is 1. The Morgan fingerprint density at radius 1 is 1.07 bits per heavy atom. The van der Waals surface area contributed by atoms with E-state index in [1.165, 1.54) is 6.07 Å². The van der Waals surface area contributed by atoms with Crippen molar-refractivity contribution in [3.63, 3.8) is 0 Å². The number of nitrogens with two attached hydrogens (primary N) is 2. The van der Waals surface area contributed by atoms with Crippen molar-refractivity contribution in [2.45, 2.75) is 33.2 Å². The maximum Gasteiger partial charge on any atom is 0.511 e. The van der Waals surface area contributed by atoms with Gasteiger partial charge in [-0.2, -0.15) is 0 Å². The highest BCUT2D eigenvalue weighted by Crippen LogP contribution is 2.31. The van der Waals surface area contributed by atoms with Crippen LogP contribution in [0.5, 0.6) is 5.75 Å². The molecule has 1 aromatic carbocycles. The van der Waals surface area contributed by atoms with Crippen molar-refractivity contribution in [3.05, 3.63) is 36.4 Å². The standard InChI is InChI=1S/C19H24N6O5/c1-11(2)28-19(27)30-12(3)29-15-7-5-4-6-13(15)24-25-14-8-9-16(23-18(14)21)22-17(26)10-20/h4-9,11-12H,10,20H2,1-3H3,(H3,21,22,23,26)/b25-24+. The van der Waals surface area contributed by atoms with Crippen molar-refractivity contribution < 1.29 is 23.8 Å². The summed E-state index contributed by atoms with van der Waals surface area (Å²) >= 11 is 0. The number of hydrogen-bond acceptors (Lipinski definition) is 10. The van der Waals surface area contributed by atoms with Crippen molar-refractivity contribution in [1.29, 1.82) is 0 Å². The summed E-state index contributed by atoms with van der Waals surface area (Å²) < 4.78 is 15.5. The van der Waals surface area contributed by atoms with E-state index in [1.807, 2.05) is 0 Å². The van der Waals surface area contributed by atoms with E-state index < -0.39 is 18.4 Å². The van der Waals surface area contributed by atoms with Gasteiger partial charge in [0.05, 0.1) is 12.6 Å². The molecule has 1 heterocycles. The topological polar surface area (TPSA) is 164 Å². The van der Waals surface area contributed by atoms with Crippen LogP contribution < -0.4 is 21.5 Å². The highest BCUT2D eigenvalue weighted by Gasteiger charge is 2.15. The molecular formula is C19H24N6O5. The second-order valence-electron chi connectivity index (χ2n) is 6.24. The number of carbonyl (C=O) groups excluding carboxylic acids is 2.